The smallest absolute Gasteiger partial charge is 0.191 e. The van der Waals surface area contributed by atoms with Gasteiger partial charge < -0.3 is 15.5 Å². The average Bonchev–Trinajstić information content (AvgIpc) is 2.96. The third kappa shape index (κ3) is 5.05. The molecule has 2 rings (SSSR count). The summed E-state index contributed by atoms with van der Waals surface area (Å²) in [4.78, 5) is 6.71. The van der Waals surface area contributed by atoms with Crippen LogP contribution in [0.25, 0.3) is 0 Å². The molecular formula is C16H24ClFN4. The van der Waals surface area contributed by atoms with Crippen LogP contribution in [-0.4, -0.2) is 44.9 Å². The molecule has 0 amide bonds. The minimum Gasteiger partial charge on any atom is -0.369 e. The van der Waals surface area contributed by atoms with E-state index in [-0.39, 0.29) is 6.67 Å². The van der Waals surface area contributed by atoms with Gasteiger partial charge in [0.15, 0.2) is 5.96 Å². The Morgan fingerprint density at radius 3 is 3.09 bits per heavy atom. The quantitative estimate of drug-likeness (QED) is 0.480. The maximum atomic E-state index is 12.2. The zero-order valence-electron chi connectivity index (χ0n) is 13.0. The Hall–Kier alpha value is -1.49. The molecule has 0 bridgehead atoms. The van der Waals surface area contributed by atoms with E-state index in [2.05, 4.69) is 26.6 Å². The van der Waals surface area contributed by atoms with Gasteiger partial charge >= 0.3 is 0 Å². The van der Waals surface area contributed by atoms with E-state index in [9.17, 15) is 4.39 Å². The van der Waals surface area contributed by atoms with Crippen molar-refractivity contribution < 1.29 is 4.39 Å². The molecule has 1 heterocycles. The van der Waals surface area contributed by atoms with Gasteiger partial charge in [0.1, 0.15) is 0 Å². The second-order valence-electron chi connectivity index (χ2n) is 5.36. The van der Waals surface area contributed by atoms with Crippen LogP contribution in [0.1, 0.15) is 19.8 Å². The molecule has 6 heteroatoms. The van der Waals surface area contributed by atoms with Gasteiger partial charge in [-0.25, -0.2) is 0 Å². The van der Waals surface area contributed by atoms with Crippen molar-refractivity contribution in [2.45, 2.75) is 25.8 Å². The highest BCUT2D eigenvalue weighted by Gasteiger charge is 2.23. The van der Waals surface area contributed by atoms with Crippen molar-refractivity contribution in [3.63, 3.8) is 0 Å². The van der Waals surface area contributed by atoms with E-state index >= 15 is 0 Å². The Morgan fingerprint density at radius 2 is 2.36 bits per heavy atom. The van der Waals surface area contributed by atoms with E-state index in [0.29, 0.717) is 19.0 Å². The summed E-state index contributed by atoms with van der Waals surface area (Å²) in [6.07, 6.45) is 1.51. The molecule has 1 aliphatic heterocycles. The highest BCUT2D eigenvalue weighted by Crippen LogP contribution is 2.23. The SMILES string of the molecule is CCNC(=NCCCF)NC1CCN(c2cccc(Cl)c2)C1. The fourth-order valence-electron chi connectivity index (χ4n) is 2.55. The normalized spacial score (nSPS) is 18.6. The maximum absolute atomic E-state index is 12.2. The first-order valence-corrected chi connectivity index (χ1v) is 8.22. The number of rotatable bonds is 6. The Labute approximate surface area is 136 Å². The van der Waals surface area contributed by atoms with Gasteiger partial charge in [-0.2, -0.15) is 0 Å². The number of anilines is 1. The number of hydrogen-bond donors (Lipinski definition) is 2. The predicted molar refractivity (Wildman–Crippen MR) is 91.8 cm³/mol. The molecule has 1 aromatic rings. The van der Waals surface area contributed by atoms with Crippen molar-refractivity contribution in [2.24, 2.45) is 4.99 Å². The Morgan fingerprint density at radius 1 is 1.50 bits per heavy atom. The van der Waals surface area contributed by atoms with Gasteiger partial charge in [0.05, 0.1) is 6.67 Å². The van der Waals surface area contributed by atoms with E-state index in [0.717, 1.165) is 42.7 Å². The second-order valence-corrected chi connectivity index (χ2v) is 5.80. The van der Waals surface area contributed by atoms with Crippen molar-refractivity contribution in [1.29, 1.82) is 0 Å². The summed E-state index contributed by atoms with van der Waals surface area (Å²) >= 11 is 6.05. The van der Waals surface area contributed by atoms with Crippen molar-refractivity contribution in [3.05, 3.63) is 29.3 Å². The standard InChI is InChI=1S/C16H24ClFN4/c1-2-19-16(20-9-4-8-18)21-14-7-10-22(12-14)15-6-3-5-13(17)11-15/h3,5-6,11,14H,2,4,7-10,12H2,1H3,(H2,19,20,21). The van der Waals surface area contributed by atoms with E-state index in [4.69, 9.17) is 11.6 Å². The van der Waals surface area contributed by atoms with Crippen LogP contribution in [0.15, 0.2) is 29.3 Å². The summed E-state index contributed by atoms with van der Waals surface area (Å²) in [5.74, 6) is 0.772. The first kappa shape index (κ1) is 16.9. The number of aliphatic imine (C=N–C) groups is 1. The summed E-state index contributed by atoms with van der Waals surface area (Å²) in [6, 6.07) is 8.26. The summed E-state index contributed by atoms with van der Waals surface area (Å²) < 4.78 is 12.2. The van der Waals surface area contributed by atoms with Crippen LogP contribution >= 0.6 is 11.6 Å². The number of nitrogens with one attached hydrogen (secondary N) is 2. The lowest BCUT2D eigenvalue weighted by atomic mass is 10.2. The molecule has 0 saturated carbocycles. The highest BCUT2D eigenvalue weighted by molar-refractivity contribution is 6.30. The van der Waals surface area contributed by atoms with Crippen LogP contribution in [-0.2, 0) is 0 Å². The van der Waals surface area contributed by atoms with Crippen LogP contribution in [0, 0.1) is 0 Å². The van der Waals surface area contributed by atoms with Gasteiger partial charge in [0.2, 0.25) is 0 Å². The third-order valence-electron chi connectivity index (χ3n) is 3.61. The van der Waals surface area contributed by atoms with Crippen LogP contribution in [0.4, 0.5) is 10.1 Å². The molecule has 0 radical (unpaired) electrons. The Kier molecular flexibility index (Phi) is 6.77. The Balaban J connectivity index is 1.90. The van der Waals surface area contributed by atoms with Crippen molar-refractivity contribution >= 4 is 23.2 Å². The predicted octanol–water partition coefficient (Wildman–Crippen LogP) is 2.83. The van der Waals surface area contributed by atoms with E-state index in [1.807, 2.05) is 25.1 Å². The number of alkyl halides is 1. The van der Waals surface area contributed by atoms with Crippen LogP contribution < -0.4 is 15.5 Å². The number of nitrogens with zero attached hydrogens (tertiary/aromatic N) is 2. The number of halogens is 2. The first-order chi connectivity index (χ1) is 10.7. The average molecular weight is 327 g/mol. The molecule has 0 spiro atoms. The number of benzene rings is 1. The van der Waals surface area contributed by atoms with Gasteiger partial charge in [-0.05, 0) is 38.0 Å². The molecule has 2 N–H and O–H groups in total. The maximum Gasteiger partial charge on any atom is 0.191 e. The lowest BCUT2D eigenvalue weighted by Crippen LogP contribution is -2.44. The Bertz CT molecular complexity index is 495. The molecule has 1 atom stereocenters. The van der Waals surface area contributed by atoms with E-state index in [1.165, 1.54) is 0 Å². The number of guanidine groups is 1. The first-order valence-electron chi connectivity index (χ1n) is 7.84. The van der Waals surface area contributed by atoms with Crippen LogP contribution in [0.5, 0.6) is 0 Å². The van der Waals surface area contributed by atoms with Crippen LogP contribution in [0.2, 0.25) is 5.02 Å². The molecule has 0 aliphatic carbocycles. The molecule has 22 heavy (non-hydrogen) atoms. The molecule has 1 aliphatic rings. The second kappa shape index (κ2) is 8.83. The molecule has 122 valence electrons. The lowest BCUT2D eigenvalue weighted by Gasteiger charge is -2.20. The molecule has 1 saturated heterocycles. The summed E-state index contributed by atoms with van der Waals surface area (Å²) in [5, 5.41) is 7.40. The van der Waals surface area contributed by atoms with Crippen LogP contribution in [0.3, 0.4) is 0 Å². The fourth-order valence-corrected chi connectivity index (χ4v) is 2.73. The van der Waals surface area contributed by atoms with Gasteiger partial charge in [-0.3, -0.25) is 9.38 Å². The van der Waals surface area contributed by atoms with Gasteiger partial charge in [-0.15, -0.1) is 0 Å². The lowest BCUT2D eigenvalue weighted by molar-refractivity contribution is 0.477. The van der Waals surface area contributed by atoms with Gasteiger partial charge in [-0.1, -0.05) is 17.7 Å². The minimum absolute atomic E-state index is 0.325. The number of hydrogen-bond acceptors (Lipinski definition) is 2. The molecule has 1 unspecified atom stereocenters. The topological polar surface area (TPSA) is 39.7 Å². The minimum atomic E-state index is -0.325. The largest absolute Gasteiger partial charge is 0.369 e. The van der Waals surface area contributed by atoms with Crippen molar-refractivity contribution in [1.82, 2.24) is 10.6 Å². The zero-order valence-corrected chi connectivity index (χ0v) is 13.7. The van der Waals surface area contributed by atoms with Crippen molar-refractivity contribution in [2.75, 3.05) is 37.8 Å². The van der Waals surface area contributed by atoms with E-state index < -0.39 is 0 Å². The van der Waals surface area contributed by atoms with Gasteiger partial charge in [0.25, 0.3) is 0 Å². The molecule has 1 fully saturated rings. The summed E-state index contributed by atoms with van der Waals surface area (Å²) in [7, 11) is 0. The van der Waals surface area contributed by atoms with E-state index in [1.54, 1.807) is 0 Å². The monoisotopic (exact) mass is 326 g/mol. The molecule has 4 nitrogen and oxygen atoms in total. The fraction of sp³-hybridized carbons (Fsp3) is 0.562. The van der Waals surface area contributed by atoms with Crippen molar-refractivity contribution in [3.8, 4) is 0 Å². The van der Waals surface area contributed by atoms with Gasteiger partial charge in [0, 0.05) is 42.9 Å². The molecular weight excluding hydrogens is 303 g/mol. The summed E-state index contributed by atoms with van der Waals surface area (Å²) in [6.45, 7) is 4.91. The highest BCUT2D eigenvalue weighted by atomic mass is 35.5. The zero-order chi connectivity index (χ0) is 15.8. The molecule has 0 aromatic heterocycles. The summed E-state index contributed by atoms with van der Waals surface area (Å²) in [5.41, 5.74) is 1.15. The molecule has 1 aromatic carbocycles. The third-order valence-corrected chi connectivity index (χ3v) is 3.84.